The van der Waals surface area contributed by atoms with Gasteiger partial charge in [-0.3, -0.25) is 0 Å². The highest BCUT2D eigenvalue weighted by Crippen LogP contribution is 2.16. The molecule has 0 aliphatic rings. The second kappa shape index (κ2) is 6.42. The molecule has 1 aromatic heterocycles. The van der Waals surface area contributed by atoms with E-state index in [1.807, 2.05) is 6.92 Å². The summed E-state index contributed by atoms with van der Waals surface area (Å²) in [5, 5.41) is 3.62. The monoisotopic (exact) mass is 295 g/mol. The summed E-state index contributed by atoms with van der Waals surface area (Å²) in [5.41, 5.74) is 0.693. The van der Waals surface area contributed by atoms with E-state index in [1.165, 1.54) is 36.8 Å². The van der Waals surface area contributed by atoms with Gasteiger partial charge in [-0.25, -0.2) is 14.2 Å². The smallest absolute Gasteiger partial charge is 0.337 e. The van der Waals surface area contributed by atoms with Crippen LogP contribution in [-0.2, 0) is 17.7 Å². The number of carbonyl (C=O) groups is 1. The molecule has 0 aliphatic carbocycles. The number of nitrogens with one attached hydrogen (secondary N) is 1. The van der Waals surface area contributed by atoms with E-state index in [0.29, 0.717) is 16.3 Å². The number of benzene rings is 1. The minimum absolute atomic E-state index is 0.231. The van der Waals surface area contributed by atoms with Gasteiger partial charge in [0.15, 0.2) is 0 Å². The molecule has 0 radical (unpaired) electrons. The van der Waals surface area contributed by atoms with Gasteiger partial charge in [-0.1, -0.05) is 6.92 Å². The molecule has 0 unspecified atom stereocenters. The minimum Gasteiger partial charge on any atom is -0.465 e. The Balaban J connectivity index is 2.10. The van der Waals surface area contributed by atoms with Crippen molar-refractivity contribution < 1.29 is 13.9 Å². The van der Waals surface area contributed by atoms with E-state index >= 15 is 0 Å². The predicted octanol–water partition coefficient (Wildman–Crippen LogP) is 2.64. The van der Waals surface area contributed by atoms with Crippen molar-refractivity contribution in [3.05, 3.63) is 41.0 Å². The number of carbonyl (C=O) groups excluding carboxylic acids is 1. The Kier molecular flexibility index (Phi) is 4.62. The van der Waals surface area contributed by atoms with Crippen LogP contribution in [-0.4, -0.2) is 22.4 Å². The van der Waals surface area contributed by atoms with Crippen LogP contribution in [0, 0.1) is 5.82 Å². The third kappa shape index (κ3) is 3.30. The largest absolute Gasteiger partial charge is 0.465 e. The van der Waals surface area contributed by atoms with Crippen LogP contribution in [0.2, 0.25) is 0 Å². The molecule has 20 heavy (non-hydrogen) atoms. The molecular formula is C13H14FN3O2S. The maximum Gasteiger partial charge on any atom is 0.337 e. The zero-order chi connectivity index (χ0) is 14.5. The third-order valence-electron chi connectivity index (χ3n) is 2.68. The van der Waals surface area contributed by atoms with E-state index in [0.717, 1.165) is 12.2 Å². The summed E-state index contributed by atoms with van der Waals surface area (Å²) >= 11 is 1.23. The van der Waals surface area contributed by atoms with Crippen molar-refractivity contribution in [2.45, 2.75) is 19.9 Å². The Morgan fingerprint density at radius 3 is 2.95 bits per heavy atom. The average molecular weight is 295 g/mol. The van der Waals surface area contributed by atoms with Gasteiger partial charge in [0.2, 0.25) is 5.13 Å². The molecule has 1 N–H and O–H groups in total. The number of aromatic nitrogens is 2. The first-order chi connectivity index (χ1) is 9.63. The molecule has 0 bridgehead atoms. The Hall–Kier alpha value is -2.02. The van der Waals surface area contributed by atoms with Gasteiger partial charge >= 0.3 is 5.97 Å². The summed E-state index contributed by atoms with van der Waals surface area (Å²) in [6.45, 7) is 2.19. The fourth-order valence-electron chi connectivity index (χ4n) is 1.60. The molecule has 1 aromatic carbocycles. The Morgan fingerprint density at radius 1 is 1.50 bits per heavy atom. The van der Waals surface area contributed by atoms with Crippen LogP contribution < -0.4 is 5.32 Å². The number of aryl methyl sites for hydroxylation is 1. The fraction of sp³-hybridized carbons (Fsp3) is 0.308. The molecule has 0 amide bonds. The Morgan fingerprint density at radius 2 is 2.30 bits per heavy atom. The van der Waals surface area contributed by atoms with Crippen LogP contribution >= 0.6 is 11.5 Å². The van der Waals surface area contributed by atoms with Crippen molar-refractivity contribution in [1.82, 2.24) is 9.36 Å². The van der Waals surface area contributed by atoms with Crippen molar-refractivity contribution in [3.8, 4) is 0 Å². The maximum atomic E-state index is 13.7. The molecule has 5 nitrogen and oxygen atoms in total. The molecule has 0 saturated heterocycles. The molecule has 0 aliphatic heterocycles. The third-order valence-corrected chi connectivity index (χ3v) is 3.39. The lowest BCUT2D eigenvalue weighted by atomic mass is 10.1. The first-order valence-corrected chi connectivity index (χ1v) is 6.84. The molecular weight excluding hydrogens is 281 g/mol. The van der Waals surface area contributed by atoms with Crippen LogP contribution in [0.25, 0.3) is 0 Å². The van der Waals surface area contributed by atoms with E-state index in [9.17, 15) is 9.18 Å². The van der Waals surface area contributed by atoms with E-state index in [-0.39, 0.29) is 12.4 Å². The van der Waals surface area contributed by atoms with Crippen molar-refractivity contribution in [2.75, 3.05) is 12.4 Å². The standard InChI is InChI=1S/C13H14FN3O2S/c1-3-11-16-13(20-17-11)15-7-9-6-8(12(18)19-2)4-5-10(9)14/h4-6H,3,7H2,1-2H3,(H,15,16,17). The van der Waals surface area contributed by atoms with Gasteiger partial charge in [0.25, 0.3) is 0 Å². The zero-order valence-corrected chi connectivity index (χ0v) is 12.0. The van der Waals surface area contributed by atoms with Crippen LogP contribution in [0.15, 0.2) is 18.2 Å². The van der Waals surface area contributed by atoms with Gasteiger partial charge in [0, 0.05) is 30.1 Å². The Labute approximate surface area is 120 Å². The lowest BCUT2D eigenvalue weighted by Gasteiger charge is -2.06. The number of esters is 1. The number of anilines is 1. The highest BCUT2D eigenvalue weighted by molar-refractivity contribution is 7.09. The normalized spacial score (nSPS) is 10.3. The van der Waals surface area contributed by atoms with Crippen LogP contribution in [0.5, 0.6) is 0 Å². The first-order valence-electron chi connectivity index (χ1n) is 6.07. The highest BCUT2D eigenvalue weighted by Gasteiger charge is 2.10. The fourth-order valence-corrected chi connectivity index (χ4v) is 2.24. The zero-order valence-electron chi connectivity index (χ0n) is 11.1. The van der Waals surface area contributed by atoms with Crippen LogP contribution in [0.1, 0.15) is 28.7 Å². The molecule has 0 spiro atoms. The van der Waals surface area contributed by atoms with Gasteiger partial charge in [-0.05, 0) is 18.2 Å². The molecule has 1 heterocycles. The van der Waals surface area contributed by atoms with E-state index < -0.39 is 5.97 Å². The molecule has 106 valence electrons. The van der Waals surface area contributed by atoms with Gasteiger partial charge in [-0.2, -0.15) is 4.37 Å². The highest BCUT2D eigenvalue weighted by atomic mass is 32.1. The second-order valence-electron chi connectivity index (χ2n) is 4.02. The van der Waals surface area contributed by atoms with Crippen molar-refractivity contribution in [3.63, 3.8) is 0 Å². The summed E-state index contributed by atoms with van der Waals surface area (Å²) < 4.78 is 22.4. The summed E-state index contributed by atoms with van der Waals surface area (Å²) in [5.74, 6) is -0.123. The number of hydrogen-bond acceptors (Lipinski definition) is 6. The number of rotatable bonds is 5. The van der Waals surface area contributed by atoms with Crippen molar-refractivity contribution >= 4 is 22.6 Å². The SMILES string of the molecule is CCc1nsc(NCc2cc(C(=O)OC)ccc2F)n1. The van der Waals surface area contributed by atoms with Crippen molar-refractivity contribution in [1.29, 1.82) is 0 Å². The maximum absolute atomic E-state index is 13.7. The number of nitrogens with zero attached hydrogens (tertiary/aromatic N) is 2. The molecule has 2 aromatic rings. The van der Waals surface area contributed by atoms with E-state index in [4.69, 9.17) is 0 Å². The first kappa shape index (κ1) is 14.4. The van der Waals surface area contributed by atoms with Crippen LogP contribution in [0.4, 0.5) is 9.52 Å². The lowest BCUT2D eigenvalue weighted by molar-refractivity contribution is 0.0600. The molecule has 0 atom stereocenters. The van der Waals surface area contributed by atoms with Gasteiger partial charge in [-0.15, -0.1) is 0 Å². The van der Waals surface area contributed by atoms with Gasteiger partial charge in [0.1, 0.15) is 11.6 Å². The summed E-state index contributed by atoms with van der Waals surface area (Å²) in [7, 11) is 1.29. The van der Waals surface area contributed by atoms with Gasteiger partial charge in [0.05, 0.1) is 12.7 Å². The predicted molar refractivity (Wildman–Crippen MR) is 74.4 cm³/mol. The Bertz CT molecular complexity index is 615. The molecule has 2 rings (SSSR count). The van der Waals surface area contributed by atoms with E-state index in [1.54, 1.807) is 0 Å². The molecule has 0 fully saturated rings. The van der Waals surface area contributed by atoms with Crippen LogP contribution in [0.3, 0.4) is 0 Å². The summed E-state index contributed by atoms with van der Waals surface area (Å²) in [6.07, 6.45) is 0.754. The topological polar surface area (TPSA) is 64.1 Å². The average Bonchev–Trinajstić information content (AvgIpc) is 2.93. The number of hydrogen-bond donors (Lipinski definition) is 1. The van der Waals surface area contributed by atoms with E-state index in [2.05, 4.69) is 19.4 Å². The second-order valence-corrected chi connectivity index (χ2v) is 4.77. The minimum atomic E-state index is -0.490. The number of ether oxygens (including phenoxy) is 1. The van der Waals surface area contributed by atoms with Crippen molar-refractivity contribution in [2.24, 2.45) is 0 Å². The summed E-state index contributed by atoms with van der Waals surface area (Å²) in [4.78, 5) is 15.6. The lowest BCUT2D eigenvalue weighted by Crippen LogP contribution is -2.06. The van der Waals surface area contributed by atoms with Gasteiger partial charge < -0.3 is 10.1 Å². The number of methoxy groups -OCH3 is 1. The quantitative estimate of drug-likeness (QED) is 0.859. The number of halogens is 1. The molecule has 0 saturated carbocycles. The summed E-state index contributed by atoms with van der Waals surface area (Å²) in [6, 6.07) is 4.11. The molecule has 7 heteroatoms.